The van der Waals surface area contributed by atoms with E-state index in [4.69, 9.17) is 16.1 Å². The van der Waals surface area contributed by atoms with Gasteiger partial charge < -0.3 is 9.84 Å². The van der Waals surface area contributed by atoms with Crippen LogP contribution in [0.25, 0.3) is 11.4 Å². The van der Waals surface area contributed by atoms with Crippen LogP contribution in [0.5, 0.6) is 0 Å². The molecule has 0 saturated carbocycles. The van der Waals surface area contributed by atoms with E-state index in [-0.39, 0.29) is 5.91 Å². The zero-order valence-corrected chi connectivity index (χ0v) is 15.8. The average Bonchev–Trinajstić information content (AvgIpc) is 3.12. The fraction of sp³-hybridized carbons (Fsp3) is 0.211. The summed E-state index contributed by atoms with van der Waals surface area (Å²) >= 11 is 7.54. The molecule has 0 aliphatic heterocycles. The molecule has 0 aliphatic carbocycles. The van der Waals surface area contributed by atoms with E-state index < -0.39 is 0 Å². The van der Waals surface area contributed by atoms with Gasteiger partial charge in [0.05, 0.1) is 0 Å². The molecule has 3 aromatic rings. The Morgan fingerprint density at radius 3 is 2.58 bits per heavy atom. The van der Waals surface area contributed by atoms with Crippen LogP contribution in [0.2, 0.25) is 5.02 Å². The number of amides is 1. The van der Waals surface area contributed by atoms with Crippen LogP contribution in [0.3, 0.4) is 0 Å². The number of aromatic nitrogens is 2. The number of hydrogen-bond acceptors (Lipinski definition) is 5. The minimum atomic E-state index is -0.0284. The molecule has 0 atom stereocenters. The summed E-state index contributed by atoms with van der Waals surface area (Å²) in [5, 5.41) is 7.51. The number of thioether (sulfide) groups is 1. The summed E-state index contributed by atoms with van der Waals surface area (Å²) in [5.41, 5.74) is 1.64. The second kappa shape index (κ2) is 8.87. The first-order valence-corrected chi connectivity index (χ1v) is 9.77. The normalized spacial score (nSPS) is 10.7. The highest BCUT2D eigenvalue weighted by atomic mass is 35.5. The Bertz CT molecular complexity index is 863. The number of carbonyl (C=O) groups is 1. The van der Waals surface area contributed by atoms with E-state index in [1.807, 2.05) is 42.7 Å². The number of anilines is 1. The standard InChI is InChI=1S/C19H18ClN3O2S/c1-26-16-11-9-15(10-12-16)21-17(24)3-2-4-18-22-19(23-25-18)13-5-7-14(20)8-6-13/h5-12H,2-4H2,1H3,(H,21,24). The van der Waals surface area contributed by atoms with E-state index in [0.717, 1.165) is 16.1 Å². The van der Waals surface area contributed by atoms with Gasteiger partial charge in [0.1, 0.15) is 0 Å². The summed E-state index contributed by atoms with van der Waals surface area (Å²) < 4.78 is 5.25. The number of benzene rings is 2. The lowest BCUT2D eigenvalue weighted by Gasteiger charge is -2.05. The molecule has 1 amide bonds. The molecule has 0 radical (unpaired) electrons. The van der Waals surface area contributed by atoms with E-state index in [2.05, 4.69) is 15.5 Å². The van der Waals surface area contributed by atoms with Crippen molar-refractivity contribution in [1.82, 2.24) is 10.1 Å². The van der Waals surface area contributed by atoms with Crippen LogP contribution in [0.4, 0.5) is 5.69 Å². The second-order valence-electron chi connectivity index (χ2n) is 5.65. The lowest BCUT2D eigenvalue weighted by Crippen LogP contribution is -2.11. The van der Waals surface area contributed by atoms with Crippen LogP contribution in [-0.4, -0.2) is 22.3 Å². The maximum atomic E-state index is 12.0. The van der Waals surface area contributed by atoms with Gasteiger partial charge in [-0.25, -0.2) is 0 Å². The van der Waals surface area contributed by atoms with Gasteiger partial charge in [0.25, 0.3) is 0 Å². The van der Waals surface area contributed by atoms with Crippen molar-refractivity contribution in [2.24, 2.45) is 0 Å². The Morgan fingerprint density at radius 2 is 1.88 bits per heavy atom. The van der Waals surface area contributed by atoms with Gasteiger partial charge in [-0.1, -0.05) is 16.8 Å². The first-order chi connectivity index (χ1) is 12.6. The number of nitrogens with zero attached hydrogens (tertiary/aromatic N) is 2. The molecule has 0 unspecified atom stereocenters. The lowest BCUT2D eigenvalue weighted by molar-refractivity contribution is -0.116. The fourth-order valence-electron chi connectivity index (χ4n) is 2.37. The number of carbonyl (C=O) groups excluding carboxylic acids is 1. The SMILES string of the molecule is CSc1ccc(NC(=O)CCCc2nc(-c3ccc(Cl)cc3)no2)cc1. The molecule has 0 aliphatic rings. The largest absolute Gasteiger partial charge is 0.339 e. The van der Waals surface area contributed by atoms with Crippen LogP contribution in [0, 0.1) is 0 Å². The van der Waals surface area contributed by atoms with Gasteiger partial charge in [0.15, 0.2) is 0 Å². The molecule has 1 aromatic heterocycles. The Morgan fingerprint density at radius 1 is 1.15 bits per heavy atom. The number of halogens is 1. The highest BCUT2D eigenvalue weighted by Crippen LogP contribution is 2.20. The van der Waals surface area contributed by atoms with Gasteiger partial charge in [0.2, 0.25) is 17.6 Å². The van der Waals surface area contributed by atoms with E-state index in [9.17, 15) is 4.79 Å². The van der Waals surface area contributed by atoms with Crippen molar-refractivity contribution < 1.29 is 9.32 Å². The summed E-state index contributed by atoms with van der Waals surface area (Å²) in [5.74, 6) is 1.02. The monoisotopic (exact) mass is 387 g/mol. The average molecular weight is 388 g/mol. The predicted molar refractivity (Wildman–Crippen MR) is 105 cm³/mol. The predicted octanol–water partition coefficient (Wildman–Crippen LogP) is 5.07. The third kappa shape index (κ3) is 5.09. The molecule has 1 heterocycles. The van der Waals surface area contributed by atoms with Crippen molar-refractivity contribution in [1.29, 1.82) is 0 Å². The zero-order valence-electron chi connectivity index (χ0n) is 14.2. The summed E-state index contributed by atoms with van der Waals surface area (Å²) in [4.78, 5) is 17.5. The van der Waals surface area contributed by atoms with E-state index in [0.29, 0.717) is 36.0 Å². The highest BCUT2D eigenvalue weighted by molar-refractivity contribution is 7.98. The van der Waals surface area contributed by atoms with Crippen molar-refractivity contribution in [3.05, 3.63) is 59.4 Å². The molecular weight excluding hydrogens is 370 g/mol. The summed E-state index contributed by atoms with van der Waals surface area (Å²) in [6, 6.07) is 15.0. The first kappa shape index (κ1) is 18.5. The Balaban J connectivity index is 1.47. The zero-order chi connectivity index (χ0) is 18.4. The Hall–Kier alpha value is -2.31. The van der Waals surface area contributed by atoms with Gasteiger partial charge in [-0.3, -0.25) is 4.79 Å². The Labute approximate surface area is 161 Å². The maximum Gasteiger partial charge on any atom is 0.226 e. The van der Waals surface area contributed by atoms with Crippen molar-refractivity contribution in [3.63, 3.8) is 0 Å². The number of hydrogen-bond donors (Lipinski definition) is 1. The van der Waals surface area contributed by atoms with Crippen molar-refractivity contribution in [3.8, 4) is 11.4 Å². The molecule has 134 valence electrons. The summed E-state index contributed by atoms with van der Waals surface area (Å²) in [7, 11) is 0. The quantitative estimate of drug-likeness (QED) is 0.573. The molecule has 5 nitrogen and oxygen atoms in total. The van der Waals surface area contributed by atoms with E-state index >= 15 is 0 Å². The molecule has 1 N–H and O–H groups in total. The number of nitrogens with one attached hydrogen (secondary N) is 1. The molecule has 26 heavy (non-hydrogen) atoms. The molecule has 0 bridgehead atoms. The minimum absolute atomic E-state index is 0.0284. The molecule has 3 rings (SSSR count). The van der Waals surface area contributed by atoms with E-state index in [1.165, 1.54) is 0 Å². The molecule has 0 fully saturated rings. The molecule has 2 aromatic carbocycles. The van der Waals surface area contributed by atoms with Crippen molar-refractivity contribution in [2.75, 3.05) is 11.6 Å². The van der Waals surface area contributed by atoms with Crippen LogP contribution in [-0.2, 0) is 11.2 Å². The van der Waals surface area contributed by atoms with Gasteiger partial charge in [-0.15, -0.1) is 11.8 Å². The summed E-state index contributed by atoms with van der Waals surface area (Å²) in [6.07, 6.45) is 3.60. The fourth-order valence-corrected chi connectivity index (χ4v) is 2.90. The molecule has 0 spiro atoms. The highest BCUT2D eigenvalue weighted by Gasteiger charge is 2.10. The molecule has 7 heteroatoms. The second-order valence-corrected chi connectivity index (χ2v) is 6.96. The van der Waals surface area contributed by atoms with Gasteiger partial charge in [0, 0.05) is 34.0 Å². The van der Waals surface area contributed by atoms with Crippen LogP contribution in [0.1, 0.15) is 18.7 Å². The molecule has 0 saturated heterocycles. The topological polar surface area (TPSA) is 68.0 Å². The third-order valence-corrected chi connectivity index (χ3v) is 4.73. The van der Waals surface area contributed by atoms with Crippen LogP contribution < -0.4 is 5.32 Å². The van der Waals surface area contributed by atoms with Crippen LogP contribution in [0.15, 0.2) is 57.9 Å². The number of rotatable bonds is 7. The maximum absolute atomic E-state index is 12.0. The summed E-state index contributed by atoms with van der Waals surface area (Å²) in [6.45, 7) is 0. The smallest absolute Gasteiger partial charge is 0.226 e. The third-order valence-electron chi connectivity index (χ3n) is 3.74. The van der Waals surface area contributed by atoms with E-state index in [1.54, 1.807) is 23.9 Å². The number of aryl methyl sites for hydroxylation is 1. The first-order valence-electron chi connectivity index (χ1n) is 8.16. The van der Waals surface area contributed by atoms with Gasteiger partial charge in [-0.2, -0.15) is 4.98 Å². The molecular formula is C19H18ClN3O2S. The van der Waals surface area contributed by atoms with Gasteiger partial charge >= 0.3 is 0 Å². The minimum Gasteiger partial charge on any atom is -0.339 e. The van der Waals surface area contributed by atoms with Crippen molar-refractivity contribution >= 4 is 35.0 Å². The Kier molecular flexibility index (Phi) is 6.30. The lowest BCUT2D eigenvalue weighted by atomic mass is 10.2. The van der Waals surface area contributed by atoms with Crippen LogP contribution >= 0.6 is 23.4 Å². The van der Waals surface area contributed by atoms with Gasteiger partial charge in [-0.05, 0) is 61.2 Å². The van der Waals surface area contributed by atoms with Crippen molar-refractivity contribution in [2.45, 2.75) is 24.2 Å².